The van der Waals surface area contributed by atoms with Gasteiger partial charge in [-0.3, -0.25) is 9.59 Å². The molecule has 1 amide bonds. The first-order valence-corrected chi connectivity index (χ1v) is 5.34. The van der Waals surface area contributed by atoms with Gasteiger partial charge in [0, 0.05) is 12.6 Å². The summed E-state index contributed by atoms with van der Waals surface area (Å²) < 4.78 is 0. The average molecular weight is 257 g/mol. The molecule has 17 heavy (non-hydrogen) atoms. The molecule has 0 fully saturated rings. The van der Waals surface area contributed by atoms with Crippen LogP contribution in [0.5, 0.6) is 0 Å². The number of carbonyl (C=O) groups is 2. The van der Waals surface area contributed by atoms with E-state index in [2.05, 4.69) is 10.6 Å². The number of carbonyl (C=O) groups excluding carboxylic acids is 1. The van der Waals surface area contributed by atoms with Gasteiger partial charge in [0.05, 0.1) is 10.7 Å². The molecule has 1 aromatic carbocycles. The summed E-state index contributed by atoms with van der Waals surface area (Å²) in [6.07, 6.45) is 0. The highest BCUT2D eigenvalue weighted by molar-refractivity contribution is 6.33. The second-order valence-electron chi connectivity index (χ2n) is 3.48. The molecule has 1 unspecified atom stereocenters. The lowest BCUT2D eigenvalue weighted by atomic mass is 10.1. The lowest BCUT2D eigenvalue weighted by Crippen LogP contribution is -2.26. The molecular formula is C11H13ClN2O3. The Bertz CT molecular complexity index is 448. The molecule has 0 bridgehead atoms. The molecule has 0 heterocycles. The van der Waals surface area contributed by atoms with E-state index in [0.717, 1.165) is 0 Å². The van der Waals surface area contributed by atoms with Crippen LogP contribution in [0.1, 0.15) is 17.3 Å². The van der Waals surface area contributed by atoms with E-state index in [9.17, 15) is 9.59 Å². The van der Waals surface area contributed by atoms with Crippen molar-refractivity contribution < 1.29 is 14.7 Å². The van der Waals surface area contributed by atoms with Crippen LogP contribution in [-0.4, -0.2) is 30.1 Å². The zero-order chi connectivity index (χ0) is 13.0. The summed E-state index contributed by atoms with van der Waals surface area (Å²) in [6.45, 7) is 1.49. The van der Waals surface area contributed by atoms with Crippen molar-refractivity contribution in [3.05, 3.63) is 28.8 Å². The van der Waals surface area contributed by atoms with E-state index in [1.165, 1.54) is 20.0 Å². The van der Waals surface area contributed by atoms with Crippen molar-refractivity contribution in [2.75, 3.05) is 12.4 Å². The first-order chi connectivity index (χ1) is 7.95. The number of hydrogen-bond donors (Lipinski definition) is 3. The Morgan fingerprint density at radius 3 is 2.59 bits per heavy atom. The van der Waals surface area contributed by atoms with Crippen LogP contribution < -0.4 is 10.6 Å². The van der Waals surface area contributed by atoms with E-state index >= 15 is 0 Å². The van der Waals surface area contributed by atoms with E-state index in [-0.39, 0.29) is 5.91 Å². The molecule has 5 nitrogen and oxygen atoms in total. The highest BCUT2D eigenvalue weighted by Crippen LogP contribution is 2.23. The molecule has 6 heteroatoms. The fourth-order valence-electron chi connectivity index (χ4n) is 1.22. The van der Waals surface area contributed by atoms with Gasteiger partial charge in [0.25, 0.3) is 5.91 Å². The molecule has 0 saturated heterocycles. The summed E-state index contributed by atoms with van der Waals surface area (Å²) in [5.74, 6) is -1.25. The SMILES string of the molecule is CNC(=O)c1ccc(Cl)c(NC(C)C(=O)O)c1. The Kier molecular flexibility index (Phi) is 4.34. The summed E-state index contributed by atoms with van der Waals surface area (Å²) >= 11 is 5.91. The topological polar surface area (TPSA) is 78.4 Å². The highest BCUT2D eigenvalue weighted by Gasteiger charge is 2.13. The molecule has 3 N–H and O–H groups in total. The minimum absolute atomic E-state index is 0.257. The van der Waals surface area contributed by atoms with Gasteiger partial charge in [0.15, 0.2) is 0 Å². The highest BCUT2D eigenvalue weighted by atomic mass is 35.5. The van der Waals surface area contributed by atoms with Crippen molar-refractivity contribution in [1.82, 2.24) is 5.32 Å². The normalized spacial score (nSPS) is 11.7. The molecule has 0 aliphatic carbocycles. The monoisotopic (exact) mass is 256 g/mol. The minimum Gasteiger partial charge on any atom is -0.480 e. The van der Waals surface area contributed by atoms with Gasteiger partial charge in [-0.2, -0.15) is 0 Å². The molecule has 0 spiro atoms. The average Bonchev–Trinajstić information content (AvgIpc) is 2.30. The zero-order valence-electron chi connectivity index (χ0n) is 9.45. The smallest absolute Gasteiger partial charge is 0.325 e. The van der Waals surface area contributed by atoms with Gasteiger partial charge in [-0.15, -0.1) is 0 Å². The van der Waals surface area contributed by atoms with E-state index in [1.54, 1.807) is 12.1 Å². The molecule has 92 valence electrons. The molecule has 0 saturated carbocycles. The number of benzene rings is 1. The standard InChI is InChI=1S/C11H13ClN2O3/c1-6(11(16)17)14-9-5-7(10(15)13-2)3-4-8(9)12/h3-6,14H,1-2H3,(H,13,15)(H,16,17). The zero-order valence-corrected chi connectivity index (χ0v) is 10.2. The van der Waals surface area contributed by atoms with Gasteiger partial charge in [0.2, 0.25) is 0 Å². The Hall–Kier alpha value is -1.75. The second kappa shape index (κ2) is 5.54. The lowest BCUT2D eigenvalue weighted by Gasteiger charge is -2.13. The van der Waals surface area contributed by atoms with Crippen LogP contribution in [0.4, 0.5) is 5.69 Å². The summed E-state index contributed by atoms with van der Waals surface area (Å²) in [5, 5.41) is 14.3. The quantitative estimate of drug-likeness (QED) is 0.764. The number of amides is 1. The maximum Gasteiger partial charge on any atom is 0.325 e. The fraction of sp³-hybridized carbons (Fsp3) is 0.273. The van der Waals surface area contributed by atoms with Crippen LogP contribution in [-0.2, 0) is 4.79 Å². The third kappa shape index (κ3) is 3.35. The van der Waals surface area contributed by atoms with Crippen LogP contribution in [0.25, 0.3) is 0 Å². The third-order valence-corrected chi connectivity index (χ3v) is 2.53. The van der Waals surface area contributed by atoms with Crippen LogP contribution >= 0.6 is 11.6 Å². The van der Waals surface area contributed by atoms with E-state index in [4.69, 9.17) is 16.7 Å². The Balaban J connectivity index is 2.98. The van der Waals surface area contributed by atoms with Gasteiger partial charge in [-0.05, 0) is 25.1 Å². The molecule has 1 rings (SSSR count). The summed E-state index contributed by atoms with van der Waals surface area (Å²) in [5.41, 5.74) is 0.833. The number of rotatable bonds is 4. The Morgan fingerprint density at radius 2 is 2.06 bits per heavy atom. The van der Waals surface area contributed by atoms with Crippen molar-refractivity contribution in [3.8, 4) is 0 Å². The van der Waals surface area contributed by atoms with Crippen molar-refractivity contribution in [1.29, 1.82) is 0 Å². The first-order valence-electron chi connectivity index (χ1n) is 4.96. The number of hydrogen-bond acceptors (Lipinski definition) is 3. The summed E-state index contributed by atoms with van der Waals surface area (Å²) in [6, 6.07) is 3.84. The van der Waals surface area contributed by atoms with Gasteiger partial charge >= 0.3 is 5.97 Å². The Labute approximate surface area is 104 Å². The predicted octanol–water partition coefficient (Wildman–Crippen LogP) is 1.58. The number of carboxylic acids is 1. The molecule has 0 radical (unpaired) electrons. The van der Waals surface area contributed by atoms with Crippen LogP contribution in [0, 0.1) is 0 Å². The molecular weight excluding hydrogens is 244 g/mol. The maximum absolute atomic E-state index is 11.4. The van der Waals surface area contributed by atoms with Crippen LogP contribution in [0.15, 0.2) is 18.2 Å². The maximum atomic E-state index is 11.4. The molecule has 1 atom stereocenters. The van der Waals surface area contributed by atoms with Gasteiger partial charge in [-0.1, -0.05) is 11.6 Å². The van der Waals surface area contributed by atoms with Gasteiger partial charge in [0.1, 0.15) is 6.04 Å². The molecule has 1 aromatic rings. The van der Waals surface area contributed by atoms with Crippen LogP contribution in [0.3, 0.4) is 0 Å². The van der Waals surface area contributed by atoms with Crippen molar-refractivity contribution in [2.24, 2.45) is 0 Å². The number of anilines is 1. The second-order valence-corrected chi connectivity index (χ2v) is 3.89. The van der Waals surface area contributed by atoms with E-state index in [1.807, 2.05) is 0 Å². The largest absolute Gasteiger partial charge is 0.480 e. The van der Waals surface area contributed by atoms with E-state index < -0.39 is 12.0 Å². The third-order valence-electron chi connectivity index (χ3n) is 2.20. The van der Waals surface area contributed by atoms with Gasteiger partial charge < -0.3 is 15.7 Å². The fourth-order valence-corrected chi connectivity index (χ4v) is 1.39. The van der Waals surface area contributed by atoms with Crippen molar-refractivity contribution >= 4 is 29.2 Å². The molecule has 0 aromatic heterocycles. The summed E-state index contributed by atoms with van der Waals surface area (Å²) in [4.78, 5) is 22.1. The van der Waals surface area contributed by atoms with Crippen molar-refractivity contribution in [2.45, 2.75) is 13.0 Å². The molecule has 0 aliphatic rings. The van der Waals surface area contributed by atoms with Crippen LogP contribution in [0.2, 0.25) is 5.02 Å². The summed E-state index contributed by atoms with van der Waals surface area (Å²) in [7, 11) is 1.52. The van der Waals surface area contributed by atoms with Crippen molar-refractivity contribution in [3.63, 3.8) is 0 Å². The number of carboxylic acid groups (broad SMARTS) is 1. The number of nitrogens with one attached hydrogen (secondary N) is 2. The number of aliphatic carboxylic acids is 1. The molecule has 0 aliphatic heterocycles. The first kappa shape index (κ1) is 13.3. The number of halogens is 1. The Morgan fingerprint density at radius 1 is 1.41 bits per heavy atom. The predicted molar refractivity (Wildman–Crippen MR) is 65.6 cm³/mol. The van der Waals surface area contributed by atoms with E-state index in [0.29, 0.717) is 16.3 Å². The lowest BCUT2D eigenvalue weighted by molar-refractivity contribution is -0.137. The minimum atomic E-state index is -0.994. The van der Waals surface area contributed by atoms with Gasteiger partial charge in [-0.25, -0.2) is 0 Å².